The fourth-order valence-corrected chi connectivity index (χ4v) is 1.37. The van der Waals surface area contributed by atoms with Gasteiger partial charge in [0.05, 0.1) is 4.83 Å². The molecule has 0 aliphatic rings. The molecule has 0 aliphatic carbocycles. The molecule has 1 rings (SSSR count). The Labute approximate surface area is 89.9 Å². The van der Waals surface area contributed by atoms with Crippen LogP contribution in [0.25, 0.3) is 0 Å². The number of aromatic hydroxyl groups is 1. The molecule has 1 aromatic rings. The molecule has 1 unspecified atom stereocenters. The SMILES string of the molecule is CC(=O)C(Br)c1cc(O)cc(C=O)c1. The number of ketones is 1. The number of alkyl halides is 1. The summed E-state index contributed by atoms with van der Waals surface area (Å²) >= 11 is 3.17. The molecule has 0 radical (unpaired) electrons. The van der Waals surface area contributed by atoms with Gasteiger partial charge in [-0.25, -0.2) is 0 Å². The van der Waals surface area contributed by atoms with Crippen LogP contribution in [0.15, 0.2) is 18.2 Å². The molecule has 0 amide bonds. The summed E-state index contributed by atoms with van der Waals surface area (Å²) < 4.78 is 0. The zero-order valence-electron chi connectivity index (χ0n) is 7.53. The van der Waals surface area contributed by atoms with Crippen molar-refractivity contribution in [2.24, 2.45) is 0 Å². The number of halogens is 1. The van der Waals surface area contributed by atoms with Crippen LogP contribution in [0.1, 0.15) is 27.7 Å². The highest BCUT2D eigenvalue weighted by Gasteiger charge is 2.13. The Hall–Kier alpha value is -1.16. The summed E-state index contributed by atoms with van der Waals surface area (Å²) in [5.41, 5.74) is 0.935. The van der Waals surface area contributed by atoms with Gasteiger partial charge >= 0.3 is 0 Å². The van der Waals surface area contributed by atoms with Gasteiger partial charge in [0.15, 0.2) is 0 Å². The average molecular weight is 257 g/mol. The van der Waals surface area contributed by atoms with Crippen molar-refractivity contribution in [2.75, 3.05) is 0 Å². The van der Waals surface area contributed by atoms with Crippen LogP contribution in [0.4, 0.5) is 0 Å². The summed E-state index contributed by atoms with van der Waals surface area (Å²) in [6, 6.07) is 4.36. The molecule has 1 aromatic carbocycles. The van der Waals surface area contributed by atoms with E-state index in [2.05, 4.69) is 15.9 Å². The molecule has 4 heteroatoms. The third-order valence-corrected chi connectivity index (χ3v) is 2.92. The lowest BCUT2D eigenvalue weighted by Gasteiger charge is -2.07. The minimum absolute atomic E-state index is 0.0182. The minimum Gasteiger partial charge on any atom is -0.508 e. The predicted molar refractivity (Wildman–Crippen MR) is 55.8 cm³/mol. The molecule has 14 heavy (non-hydrogen) atoms. The quantitative estimate of drug-likeness (QED) is 0.667. The van der Waals surface area contributed by atoms with Crippen molar-refractivity contribution in [2.45, 2.75) is 11.8 Å². The summed E-state index contributed by atoms with van der Waals surface area (Å²) in [6.07, 6.45) is 0.628. The van der Waals surface area contributed by atoms with Crippen molar-refractivity contribution in [3.63, 3.8) is 0 Å². The number of aldehydes is 1. The van der Waals surface area contributed by atoms with E-state index in [9.17, 15) is 14.7 Å². The molecule has 0 saturated heterocycles. The number of carbonyl (C=O) groups excluding carboxylic acids is 2. The van der Waals surface area contributed by atoms with Crippen molar-refractivity contribution in [1.29, 1.82) is 0 Å². The van der Waals surface area contributed by atoms with Gasteiger partial charge in [-0.15, -0.1) is 0 Å². The van der Waals surface area contributed by atoms with Gasteiger partial charge in [0.25, 0.3) is 0 Å². The Kier molecular flexibility index (Phi) is 3.41. The number of benzene rings is 1. The summed E-state index contributed by atoms with van der Waals surface area (Å²) in [4.78, 5) is 21.1. The van der Waals surface area contributed by atoms with Crippen molar-refractivity contribution < 1.29 is 14.7 Å². The third kappa shape index (κ3) is 2.42. The van der Waals surface area contributed by atoms with Crippen LogP contribution < -0.4 is 0 Å². The van der Waals surface area contributed by atoms with Gasteiger partial charge in [0.1, 0.15) is 17.8 Å². The maximum absolute atomic E-state index is 11.0. The number of Topliss-reactive ketones (excluding diaryl/α,β-unsaturated/α-hetero) is 1. The smallest absolute Gasteiger partial charge is 0.150 e. The first-order valence-corrected chi connectivity index (χ1v) is 4.90. The zero-order valence-corrected chi connectivity index (χ0v) is 9.11. The first-order chi connectivity index (χ1) is 6.54. The summed E-state index contributed by atoms with van der Waals surface area (Å²) in [6.45, 7) is 1.43. The summed E-state index contributed by atoms with van der Waals surface area (Å²) in [5, 5.41) is 9.26. The van der Waals surface area contributed by atoms with E-state index in [1.54, 1.807) is 6.07 Å². The lowest BCUT2D eigenvalue weighted by atomic mass is 10.1. The van der Waals surface area contributed by atoms with Gasteiger partial charge in [0.2, 0.25) is 0 Å². The first kappa shape index (κ1) is 10.9. The summed E-state index contributed by atoms with van der Waals surface area (Å²) in [7, 11) is 0. The van der Waals surface area contributed by atoms with Gasteiger partial charge in [-0.1, -0.05) is 15.9 Å². The predicted octanol–water partition coefficient (Wildman–Crippen LogP) is 2.23. The maximum Gasteiger partial charge on any atom is 0.150 e. The van der Waals surface area contributed by atoms with E-state index < -0.39 is 4.83 Å². The van der Waals surface area contributed by atoms with Gasteiger partial charge in [-0.3, -0.25) is 9.59 Å². The first-order valence-electron chi connectivity index (χ1n) is 3.98. The topological polar surface area (TPSA) is 54.4 Å². The van der Waals surface area contributed by atoms with E-state index >= 15 is 0 Å². The standard InChI is InChI=1S/C10H9BrO3/c1-6(13)10(11)8-2-7(5-12)3-9(14)4-8/h2-5,10,14H,1H3. The Balaban J connectivity index is 3.14. The molecule has 0 heterocycles. The van der Waals surface area contributed by atoms with E-state index in [4.69, 9.17) is 0 Å². The molecule has 0 fully saturated rings. The van der Waals surface area contributed by atoms with Gasteiger partial charge in [0, 0.05) is 5.56 Å². The number of hydrogen-bond donors (Lipinski definition) is 1. The minimum atomic E-state index is -0.478. The number of phenols is 1. The molecule has 74 valence electrons. The van der Waals surface area contributed by atoms with E-state index in [1.807, 2.05) is 0 Å². The molecule has 1 atom stereocenters. The molecule has 1 N–H and O–H groups in total. The lowest BCUT2D eigenvalue weighted by molar-refractivity contribution is -0.116. The monoisotopic (exact) mass is 256 g/mol. The van der Waals surface area contributed by atoms with Crippen LogP contribution >= 0.6 is 15.9 Å². The van der Waals surface area contributed by atoms with Crippen LogP contribution in [0, 0.1) is 0 Å². The average Bonchev–Trinajstić information content (AvgIpc) is 2.15. The van der Waals surface area contributed by atoms with E-state index in [-0.39, 0.29) is 11.5 Å². The molecular formula is C10H9BrO3. The second kappa shape index (κ2) is 4.37. The highest BCUT2D eigenvalue weighted by molar-refractivity contribution is 9.09. The van der Waals surface area contributed by atoms with Crippen LogP contribution in [-0.4, -0.2) is 17.2 Å². The van der Waals surface area contributed by atoms with Crippen LogP contribution in [0.5, 0.6) is 5.75 Å². The lowest BCUT2D eigenvalue weighted by Crippen LogP contribution is -2.01. The Bertz CT molecular complexity index is 374. The number of rotatable bonds is 3. The second-order valence-corrected chi connectivity index (χ2v) is 3.86. The largest absolute Gasteiger partial charge is 0.508 e. The molecule has 0 saturated carbocycles. The molecule has 0 aliphatic heterocycles. The Morgan fingerprint density at radius 2 is 2.14 bits per heavy atom. The third-order valence-electron chi connectivity index (χ3n) is 1.75. The summed E-state index contributed by atoms with van der Waals surface area (Å²) in [5.74, 6) is -0.0947. The molecule has 0 bridgehead atoms. The van der Waals surface area contributed by atoms with Crippen molar-refractivity contribution in [3.8, 4) is 5.75 Å². The number of carbonyl (C=O) groups is 2. The van der Waals surface area contributed by atoms with Crippen molar-refractivity contribution in [3.05, 3.63) is 29.3 Å². The normalized spacial score (nSPS) is 12.1. The molecule has 0 aromatic heterocycles. The zero-order chi connectivity index (χ0) is 10.7. The molecule has 0 spiro atoms. The van der Waals surface area contributed by atoms with Gasteiger partial charge < -0.3 is 5.11 Å². The van der Waals surface area contributed by atoms with E-state index in [1.165, 1.54) is 19.1 Å². The maximum atomic E-state index is 11.0. The fraction of sp³-hybridized carbons (Fsp3) is 0.200. The second-order valence-electron chi connectivity index (χ2n) is 2.95. The van der Waals surface area contributed by atoms with Gasteiger partial charge in [-0.2, -0.15) is 0 Å². The van der Waals surface area contributed by atoms with E-state index in [0.717, 1.165) is 0 Å². The molecule has 3 nitrogen and oxygen atoms in total. The van der Waals surface area contributed by atoms with Crippen LogP contribution in [0.2, 0.25) is 0 Å². The van der Waals surface area contributed by atoms with Crippen LogP contribution in [0.3, 0.4) is 0 Å². The molecular weight excluding hydrogens is 248 g/mol. The highest BCUT2D eigenvalue weighted by atomic mass is 79.9. The van der Waals surface area contributed by atoms with Crippen LogP contribution in [-0.2, 0) is 4.79 Å². The van der Waals surface area contributed by atoms with Gasteiger partial charge in [-0.05, 0) is 30.7 Å². The Morgan fingerprint density at radius 1 is 1.50 bits per heavy atom. The van der Waals surface area contributed by atoms with Crippen molar-refractivity contribution >= 4 is 28.0 Å². The Morgan fingerprint density at radius 3 is 2.64 bits per heavy atom. The fourth-order valence-electron chi connectivity index (χ4n) is 1.11. The number of phenolic OH excluding ortho intramolecular Hbond substituents is 1. The number of hydrogen-bond acceptors (Lipinski definition) is 3. The van der Waals surface area contributed by atoms with Crippen molar-refractivity contribution in [1.82, 2.24) is 0 Å². The highest BCUT2D eigenvalue weighted by Crippen LogP contribution is 2.27. The van der Waals surface area contributed by atoms with E-state index in [0.29, 0.717) is 17.4 Å².